The number of hydrogen-bond donors (Lipinski definition) is 1. The average molecular weight is 190 g/mol. The molecule has 1 unspecified atom stereocenters. The fourth-order valence-corrected chi connectivity index (χ4v) is 1.44. The van der Waals surface area contributed by atoms with Crippen LogP contribution in [0.25, 0.3) is 0 Å². The van der Waals surface area contributed by atoms with Gasteiger partial charge in [0.25, 0.3) is 0 Å². The zero-order valence-corrected chi connectivity index (χ0v) is 8.71. The summed E-state index contributed by atoms with van der Waals surface area (Å²) in [6.07, 6.45) is 3.06. The molecule has 0 aliphatic heterocycles. The Bertz CT molecular complexity index is 296. The molecule has 1 atom stereocenters. The molecule has 0 aliphatic rings. The highest BCUT2D eigenvalue weighted by atomic mass is 16.1. The number of hydrogen-bond acceptors (Lipinski definition) is 2. The van der Waals surface area contributed by atoms with Crippen molar-refractivity contribution in [2.24, 2.45) is 0 Å². The van der Waals surface area contributed by atoms with Gasteiger partial charge in [-0.25, -0.2) is 0 Å². The number of rotatable bonds is 5. The predicted octanol–water partition coefficient (Wildman–Crippen LogP) is 2.21. The standard InChI is InChI=1S/C12H16NO/c1-3-8-13-10(2)12-7-5-4-6-11(12)9-14/h4-7,10,13H,3,8H2,1-2H3. The molecule has 0 bridgehead atoms. The molecule has 0 amide bonds. The van der Waals surface area contributed by atoms with E-state index in [9.17, 15) is 4.79 Å². The number of nitrogens with one attached hydrogen (secondary N) is 1. The molecule has 14 heavy (non-hydrogen) atoms. The second kappa shape index (κ2) is 5.55. The molecule has 0 spiro atoms. The van der Waals surface area contributed by atoms with Gasteiger partial charge in [0, 0.05) is 11.6 Å². The van der Waals surface area contributed by atoms with Crippen LogP contribution >= 0.6 is 0 Å². The quantitative estimate of drug-likeness (QED) is 0.771. The molecule has 75 valence electrons. The van der Waals surface area contributed by atoms with E-state index >= 15 is 0 Å². The average Bonchev–Trinajstić information content (AvgIpc) is 2.25. The largest absolute Gasteiger partial charge is 0.310 e. The van der Waals surface area contributed by atoms with E-state index in [-0.39, 0.29) is 6.04 Å². The van der Waals surface area contributed by atoms with Gasteiger partial charge in [0.2, 0.25) is 6.29 Å². The van der Waals surface area contributed by atoms with Crippen molar-refractivity contribution in [3.8, 4) is 0 Å². The van der Waals surface area contributed by atoms with Crippen LogP contribution in [0.5, 0.6) is 0 Å². The van der Waals surface area contributed by atoms with E-state index in [1.54, 1.807) is 6.07 Å². The van der Waals surface area contributed by atoms with Gasteiger partial charge >= 0.3 is 0 Å². The van der Waals surface area contributed by atoms with Gasteiger partial charge in [-0.3, -0.25) is 4.79 Å². The van der Waals surface area contributed by atoms with E-state index in [1.807, 2.05) is 24.5 Å². The molecule has 0 fully saturated rings. The third-order valence-corrected chi connectivity index (χ3v) is 2.24. The Morgan fingerprint density at radius 2 is 2.14 bits per heavy atom. The minimum absolute atomic E-state index is 0.215. The molecule has 1 aromatic carbocycles. The Balaban J connectivity index is 2.77. The minimum Gasteiger partial charge on any atom is -0.310 e. The van der Waals surface area contributed by atoms with Crippen molar-refractivity contribution in [2.45, 2.75) is 26.3 Å². The maximum absolute atomic E-state index is 10.7. The molecular weight excluding hydrogens is 174 g/mol. The Morgan fingerprint density at radius 3 is 2.79 bits per heavy atom. The Morgan fingerprint density at radius 1 is 1.43 bits per heavy atom. The first-order valence-electron chi connectivity index (χ1n) is 5.00. The highest BCUT2D eigenvalue weighted by Gasteiger charge is 2.08. The van der Waals surface area contributed by atoms with Gasteiger partial charge in [-0.1, -0.05) is 31.2 Å². The molecule has 1 radical (unpaired) electrons. The monoisotopic (exact) mass is 190 g/mol. The first-order valence-corrected chi connectivity index (χ1v) is 5.00. The van der Waals surface area contributed by atoms with E-state index in [0.717, 1.165) is 18.5 Å². The van der Waals surface area contributed by atoms with Crippen molar-refractivity contribution in [3.05, 3.63) is 35.4 Å². The van der Waals surface area contributed by atoms with Crippen LogP contribution in [-0.4, -0.2) is 12.8 Å². The molecule has 0 heterocycles. The summed E-state index contributed by atoms with van der Waals surface area (Å²) in [4.78, 5) is 10.7. The predicted molar refractivity (Wildman–Crippen MR) is 57.9 cm³/mol. The van der Waals surface area contributed by atoms with Crippen molar-refractivity contribution < 1.29 is 4.79 Å². The summed E-state index contributed by atoms with van der Waals surface area (Å²) in [7, 11) is 0. The van der Waals surface area contributed by atoms with Crippen LogP contribution in [0.1, 0.15) is 37.4 Å². The fourth-order valence-electron chi connectivity index (χ4n) is 1.44. The van der Waals surface area contributed by atoms with E-state index in [0.29, 0.717) is 5.56 Å². The number of carbonyl (C=O) groups excluding carboxylic acids is 1. The number of benzene rings is 1. The zero-order valence-electron chi connectivity index (χ0n) is 8.71. The second-order valence-corrected chi connectivity index (χ2v) is 3.37. The molecule has 0 aromatic heterocycles. The lowest BCUT2D eigenvalue weighted by Gasteiger charge is -2.14. The van der Waals surface area contributed by atoms with Crippen LogP contribution in [0.2, 0.25) is 0 Å². The fraction of sp³-hybridized carbons (Fsp3) is 0.417. The minimum atomic E-state index is 0.215. The lowest BCUT2D eigenvalue weighted by Crippen LogP contribution is -2.20. The van der Waals surface area contributed by atoms with Crippen LogP contribution < -0.4 is 5.32 Å². The molecule has 0 aliphatic carbocycles. The van der Waals surface area contributed by atoms with Crippen molar-refractivity contribution in [2.75, 3.05) is 6.54 Å². The van der Waals surface area contributed by atoms with Gasteiger partial charge in [0.05, 0.1) is 0 Å². The Kier molecular flexibility index (Phi) is 4.33. The van der Waals surface area contributed by atoms with Crippen molar-refractivity contribution >= 4 is 6.29 Å². The molecule has 1 aromatic rings. The van der Waals surface area contributed by atoms with Crippen LogP contribution in [0.15, 0.2) is 24.3 Å². The van der Waals surface area contributed by atoms with Gasteiger partial charge in [-0.05, 0) is 25.5 Å². The first-order chi connectivity index (χ1) is 6.79. The van der Waals surface area contributed by atoms with Crippen LogP contribution in [-0.2, 0) is 4.79 Å². The maximum Gasteiger partial charge on any atom is 0.233 e. The van der Waals surface area contributed by atoms with Gasteiger partial charge in [-0.15, -0.1) is 0 Å². The van der Waals surface area contributed by atoms with Crippen LogP contribution in [0.4, 0.5) is 0 Å². The van der Waals surface area contributed by atoms with Gasteiger partial charge in [-0.2, -0.15) is 0 Å². The molecule has 1 N–H and O–H groups in total. The topological polar surface area (TPSA) is 29.1 Å². The molecule has 0 saturated carbocycles. The summed E-state index contributed by atoms with van der Waals surface area (Å²) in [5.74, 6) is 0. The summed E-state index contributed by atoms with van der Waals surface area (Å²) < 4.78 is 0. The Labute approximate surface area is 85.3 Å². The summed E-state index contributed by atoms with van der Waals surface area (Å²) in [5, 5.41) is 3.34. The van der Waals surface area contributed by atoms with E-state index < -0.39 is 0 Å². The smallest absolute Gasteiger partial charge is 0.233 e. The third kappa shape index (κ3) is 2.67. The molecule has 0 saturated heterocycles. The van der Waals surface area contributed by atoms with Crippen molar-refractivity contribution in [1.82, 2.24) is 5.32 Å². The molecule has 2 nitrogen and oxygen atoms in total. The van der Waals surface area contributed by atoms with Gasteiger partial charge < -0.3 is 5.32 Å². The van der Waals surface area contributed by atoms with Crippen molar-refractivity contribution in [1.29, 1.82) is 0 Å². The normalized spacial score (nSPS) is 12.4. The SMILES string of the molecule is CCCNC(C)c1ccccc1[C]=O. The van der Waals surface area contributed by atoms with Crippen LogP contribution in [0.3, 0.4) is 0 Å². The van der Waals surface area contributed by atoms with Gasteiger partial charge in [0.1, 0.15) is 0 Å². The Hall–Kier alpha value is -1.15. The highest BCUT2D eigenvalue weighted by Crippen LogP contribution is 2.15. The third-order valence-electron chi connectivity index (χ3n) is 2.24. The zero-order chi connectivity index (χ0) is 10.4. The molecule has 1 rings (SSSR count). The van der Waals surface area contributed by atoms with E-state index in [1.165, 1.54) is 0 Å². The highest BCUT2D eigenvalue weighted by molar-refractivity contribution is 5.77. The van der Waals surface area contributed by atoms with E-state index in [4.69, 9.17) is 0 Å². The van der Waals surface area contributed by atoms with Gasteiger partial charge in [0.15, 0.2) is 0 Å². The summed E-state index contributed by atoms with van der Waals surface area (Å²) in [5.41, 5.74) is 1.68. The summed E-state index contributed by atoms with van der Waals surface area (Å²) in [6, 6.07) is 7.78. The lowest BCUT2D eigenvalue weighted by atomic mass is 10.0. The summed E-state index contributed by atoms with van der Waals surface area (Å²) in [6.45, 7) is 5.15. The van der Waals surface area contributed by atoms with E-state index in [2.05, 4.69) is 19.2 Å². The van der Waals surface area contributed by atoms with Crippen LogP contribution in [0, 0.1) is 0 Å². The first kappa shape index (κ1) is 10.9. The molecule has 2 heteroatoms. The second-order valence-electron chi connectivity index (χ2n) is 3.37. The summed E-state index contributed by atoms with van der Waals surface area (Å²) >= 11 is 0. The molecular formula is C12H16NO. The maximum atomic E-state index is 10.7. The lowest BCUT2D eigenvalue weighted by molar-refractivity contribution is 0.554. The van der Waals surface area contributed by atoms with Crippen molar-refractivity contribution in [3.63, 3.8) is 0 Å².